The van der Waals surface area contributed by atoms with Crippen LogP contribution in [-0.2, 0) is 28.7 Å². The maximum absolute atomic E-state index is 13.7. The number of imidazole rings is 1. The number of carbonyl (C=O) groups excluding carboxylic acids is 2. The number of carbonyl (C=O) groups is 3. The SMILES string of the molecule is CCc1cc(Nc2nccn3c(-c4cn(CC#N)nc4C(F)(F)F)cnc23)ccc1C(=O)NCC(=O)N1CC2CC1CN2.O=CO. The van der Waals surface area contributed by atoms with Gasteiger partial charge in [-0.05, 0) is 36.6 Å². The molecule has 240 valence electrons. The number of aryl methyl sites for hydroxylation is 1. The van der Waals surface area contributed by atoms with Crippen LogP contribution in [0.1, 0.15) is 35.0 Å². The zero-order chi connectivity index (χ0) is 33.0. The zero-order valence-corrected chi connectivity index (χ0v) is 24.5. The number of halogens is 3. The summed E-state index contributed by atoms with van der Waals surface area (Å²) in [5, 5.41) is 28.6. The van der Waals surface area contributed by atoms with Crippen LogP contribution in [0.4, 0.5) is 24.7 Å². The molecule has 17 heteroatoms. The van der Waals surface area contributed by atoms with E-state index in [1.807, 2.05) is 11.8 Å². The molecule has 4 aromatic rings. The monoisotopic (exact) mass is 638 g/mol. The number of alkyl halides is 3. The fraction of sp³-hybridized carbons (Fsp3) is 0.345. The van der Waals surface area contributed by atoms with Gasteiger partial charge in [0.05, 0.1) is 30.1 Å². The fourth-order valence-corrected chi connectivity index (χ4v) is 5.72. The number of aromatic nitrogens is 5. The molecule has 2 aliphatic rings. The summed E-state index contributed by atoms with van der Waals surface area (Å²) in [7, 11) is 0. The lowest BCUT2D eigenvalue weighted by Gasteiger charge is -2.27. The number of nitrogens with one attached hydrogen (secondary N) is 3. The predicted octanol–water partition coefficient (Wildman–Crippen LogP) is 2.44. The molecular weight excluding hydrogens is 609 g/mol. The second-order valence-electron chi connectivity index (χ2n) is 10.5. The Hall–Kier alpha value is -5.50. The maximum atomic E-state index is 13.7. The number of benzene rings is 1. The van der Waals surface area contributed by atoms with Crippen molar-refractivity contribution < 1.29 is 32.7 Å². The maximum Gasteiger partial charge on any atom is 0.435 e. The van der Waals surface area contributed by atoms with E-state index in [2.05, 4.69) is 31.0 Å². The number of hydrogen-bond donors (Lipinski definition) is 4. The molecule has 0 spiro atoms. The van der Waals surface area contributed by atoms with E-state index in [0.29, 0.717) is 30.3 Å². The number of rotatable bonds is 8. The topological polar surface area (TPSA) is 183 Å². The lowest BCUT2D eigenvalue weighted by atomic mass is 10.0. The number of anilines is 2. The van der Waals surface area contributed by atoms with Crippen LogP contribution in [0.5, 0.6) is 0 Å². The highest BCUT2D eigenvalue weighted by molar-refractivity contribution is 5.98. The number of nitrogens with zero attached hydrogens (tertiary/aromatic N) is 7. The molecule has 2 aliphatic heterocycles. The lowest BCUT2D eigenvalue weighted by molar-refractivity contribution is -0.141. The Balaban J connectivity index is 0.00000134. The van der Waals surface area contributed by atoms with E-state index in [-0.39, 0.29) is 60.1 Å². The summed E-state index contributed by atoms with van der Waals surface area (Å²) >= 11 is 0. The average Bonchev–Trinajstić information content (AvgIpc) is 3.84. The highest BCUT2D eigenvalue weighted by Crippen LogP contribution is 2.37. The van der Waals surface area contributed by atoms with Gasteiger partial charge in [-0.15, -0.1) is 0 Å². The number of hydrogen-bond acceptors (Lipinski definition) is 9. The minimum atomic E-state index is -4.74. The quantitative estimate of drug-likeness (QED) is 0.209. The van der Waals surface area contributed by atoms with Gasteiger partial charge in [-0.1, -0.05) is 6.92 Å². The van der Waals surface area contributed by atoms with Crippen LogP contribution in [0, 0.1) is 11.3 Å². The Morgan fingerprint density at radius 3 is 2.72 bits per heavy atom. The van der Waals surface area contributed by atoms with Crippen molar-refractivity contribution in [1.29, 1.82) is 5.26 Å². The molecule has 2 fully saturated rings. The van der Waals surface area contributed by atoms with E-state index >= 15 is 0 Å². The summed E-state index contributed by atoms with van der Waals surface area (Å²) in [5.41, 5.74) is 0.817. The molecule has 3 aromatic heterocycles. The van der Waals surface area contributed by atoms with Crippen molar-refractivity contribution in [1.82, 2.24) is 39.7 Å². The standard InChI is InChI=1S/C28H27F3N10O2.CH2O2/c1-2-16-9-17(3-4-20(16)27(43)36-13-23(42)41-14-18-10-19(41)11-34-18)37-25-26-35-12-22(40(26)8-6-33-25)21-15-39(7-5-32)38-24(21)28(29,30)31;2-1-3/h3-4,6,8-9,12,15,18-19,34H,2,7,10-11,13-14H2,1H3,(H,33,37)(H,36,43);1H,(H,2,3). The molecule has 2 amide bonds. The molecule has 0 radical (unpaired) electrons. The number of carboxylic acid groups (broad SMARTS) is 1. The Morgan fingerprint density at radius 1 is 1.28 bits per heavy atom. The molecule has 4 N–H and O–H groups in total. The fourth-order valence-electron chi connectivity index (χ4n) is 5.72. The number of nitriles is 1. The molecule has 5 heterocycles. The summed E-state index contributed by atoms with van der Waals surface area (Å²) in [4.78, 5) is 44.5. The minimum Gasteiger partial charge on any atom is -0.483 e. The second kappa shape index (κ2) is 13.2. The molecule has 0 aliphatic carbocycles. The van der Waals surface area contributed by atoms with Gasteiger partial charge >= 0.3 is 6.18 Å². The van der Waals surface area contributed by atoms with Gasteiger partial charge in [0.2, 0.25) is 5.91 Å². The zero-order valence-electron chi connectivity index (χ0n) is 24.5. The summed E-state index contributed by atoms with van der Waals surface area (Å²) in [5.74, 6) is -0.169. The lowest BCUT2D eigenvalue weighted by Crippen LogP contribution is -2.49. The van der Waals surface area contributed by atoms with Crippen LogP contribution in [0.2, 0.25) is 0 Å². The van der Waals surface area contributed by atoms with E-state index in [0.717, 1.165) is 23.2 Å². The van der Waals surface area contributed by atoms with Gasteiger partial charge < -0.3 is 26.0 Å². The third-order valence-corrected chi connectivity index (χ3v) is 7.74. The van der Waals surface area contributed by atoms with Crippen LogP contribution in [-0.4, -0.2) is 84.2 Å². The summed E-state index contributed by atoms with van der Waals surface area (Å²) in [6.45, 7) is 2.68. The van der Waals surface area contributed by atoms with E-state index in [1.54, 1.807) is 24.3 Å². The highest BCUT2D eigenvalue weighted by Gasteiger charge is 2.40. The summed E-state index contributed by atoms with van der Waals surface area (Å²) < 4.78 is 43.6. The second-order valence-corrected chi connectivity index (χ2v) is 10.5. The number of amides is 2. The van der Waals surface area contributed by atoms with Crippen LogP contribution >= 0.6 is 0 Å². The molecule has 2 unspecified atom stereocenters. The molecule has 6 rings (SSSR count). The highest BCUT2D eigenvalue weighted by atomic mass is 19.4. The Labute approximate surface area is 259 Å². The number of likely N-dealkylation sites (tertiary alicyclic amines) is 1. The van der Waals surface area contributed by atoms with E-state index in [1.165, 1.54) is 29.2 Å². The van der Waals surface area contributed by atoms with Crippen molar-refractivity contribution in [2.24, 2.45) is 0 Å². The number of fused-ring (bicyclic) bond motifs is 3. The van der Waals surface area contributed by atoms with Crippen molar-refractivity contribution >= 4 is 35.4 Å². The molecule has 14 nitrogen and oxygen atoms in total. The first-order chi connectivity index (χ1) is 22.1. The smallest absolute Gasteiger partial charge is 0.435 e. The largest absolute Gasteiger partial charge is 0.483 e. The van der Waals surface area contributed by atoms with Crippen molar-refractivity contribution in [2.45, 2.75) is 44.6 Å². The minimum absolute atomic E-state index is 0.0786. The van der Waals surface area contributed by atoms with Gasteiger partial charge in [0, 0.05) is 55.0 Å². The third-order valence-electron chi connectivity index (χ3n) is 7.74. The van der Waals surface area contributed by atoms with Gasteiger partial charge in [-0.25, -0.2) is 9.97 Å². The molecule has 46 heavy (non-hydrogen) atoms. The van der Waals surface area contributed by atoms with E-state index in [4.69, 9.17) is 15.2 Å². The molecule has 1 aromatic carbocycles. The van der Waals surface area contributed by atoms with Gasteiger partial charge in [0.25, 0.3) is 12.4 Å². The average molecular weight is 639 g/mol. The normalized spacial score (nSPS) is 16.9. The van der Waals surface area contributed by atoms with Gasteiger partial charge in [-0.2, -0.15) is 23.5 Å². The van der Waals surface area contributed by atoms with E-state index in [9.17, 15) is 22.8 Å². The van der Waals surface area contributed by atoms with Crippen LogP contribution in [0.25, 0.3) is 16.9 Å². The third kappa shape index (κ3) is 6.47. The molecule has 2 bridgehead atoms. The van der Waals surface area contributed by atoms with Crippen molar-refractivity contribution in [3.8, 4) is 17.3 Å². The summed E-state index contributed by atoms with van der Waals surface area (Å²) in [6.07, 6.45) is 2.11. The van der Waals surface area contributed by atoms with Gasteiger partial charge in [0.1, 0.15) is 6.54 Å². The molecular formula is C29H29F3N10O4. The van der Waals surface area contributed by atoms with Gasteiger partial charge in [-0.3, -0.25) is 23.5 Å². The first-order valence-electron chi connectivity index (χ1n) is 14.2. The Bertz CT molecular complexity index is 1810. The molecule has 2 saturated heterocycles. The van der Waals surface area contributed by atoms with Crippen LogP contribution in [0.15, 0.2) is 43.0 Å². The summed E-state index contributed by atoms with van der Waals surface area (Å²) in [6, 6.07) is 7.42. The van der Waals surface area contributed by atoms with Crippen molar-refractivity contribution in [3.05, 3.63) is 59.8 Å². The first kappa shape index (κ1) is 31.9. The Morgan fingerprint density at radius 2 is 2.07 bits per heavy atom. The van der Waals surface area contributed by atoms with Crippen LogP contribution < -0.4 is 16.0 Å². The first-order valence-corrected chi connectivity index (χ1v) is 14.2. The van der Waals surface area contributed by atoms with E-state index < -0.39 is 11.9 Å². The predicted molar refractivity (Wildman–Crippen MR) is 157 cm³/mol. The van der Waals surface area contributed by atoms with Gasteiger partial charge in [0.15, 0.2) is 17.2 Å². The van der Waals surface area contributed by atoms with Crippen molar-refractivity contribution in [2.75, 3.05) is 25.0 Å². The van der Waals surface area contributed by atoms with Crippen molar-refractivity contribution in [3.63, 3.8) is 0 Å². The van der Waals surface area contributed by atoms with Crippen LogP contribution in [0.3, 0.4) is 0 Å². The Kier molecular flexibility index (Phi) is 9.18. The number of piperazine rings is 1. The molecule has 0 saturated carbocycles. The molecule has 2 atom stereocenters.